The molecule has 3 rings (SSSR count). The zero-order chi connectivity index (χ0) is 61.4. The predicted molar refractivity (Wildman–Crippen MR) is 356 cm³/mol. The Bertz CT molecular complexity index is 2220. The summed E-state index contributed by atoms with van der Waals surface area (Å²) in [5, 5.41) is 1.94. The maximum absolute atomic E-state index is 14.8. The molecule has 10 nitrogen and oxygen atoms in total. The van der Waals surface area contributed by atoms with Crippen LogP contribution < -0.4 is 10.4 Å². The Hall–Kier alpha value is -1.15. The highest BCUT2D eigenvalue weighted by atomic mass is 127. The van der Waals surface area contributed by atoms with Gasteiger partial charge in [0, 0.05) is 51.7 Å². The molecule has 1 fully saturated rings. The SMILES string of the molecule is CC[C@H](CO[Si](c1ccccc1)(c1ccccc1)C(C)(C)C)[C@@H](CC(=O)CCC[C@@H](C[C@]1(OC)C[C@H](O[Si](C)(C)C(C)(C)C)[C@@H](C(=O)OC)[C@H](C[C@H](/C=C/I)O[Si](C)(C)C(C)(C)C)O1)O[Si](C)(C)C(C)(C)C)O[Si](C)(C)C(C)(C)C. The van der Waals surface area contributed by atoms with Crippen LogP contribution in [-0.2, 0) is 45.9 Å². The van der Waals surface area contributed by atoms with Crippen molar-refractivity contribution >= 4 is 86.3 Å². The Morgan fingerprint density at radius 3 is 1.59 bits per heavy atom. The van der Waals surface area contributed by atoms with Crippen LogP contribution in [0.2, 0.25) is 77.6 Å². The van der Waals surface area contributed by atoms with Crippen molar-refractivity contribution in [3.8, 4) is 0 Å². The van der Waals surface area contributed by atoms with Gasteiger partial charge < -0.3 is 36.3 Å². The van der Waals surface area contributed by atoms with E-state index in [1.54, 1.807) is 7.11 Å². The van der Waals surface area contributed by atoms with E-state index in [-0.39, 0.29) is 61.2 Å². The van der Waals surface area contributed by atoms with Crippen molar-refractivity contribution in [2.75, 3.05) is 20.8 Å². The maximum atomic E-state index is 14.8. The normalized spacial score (nSPS) is 21.3. The number of esters is 1. The summed E-state index contributed by atoms with van der Waals surface area (Å²) in [6.45, 7) is 54.8. The highest BCUT2D eigenvalue weighted by Gasteiger charge is 2.56. The van der Waals surface area contributed by atoms with Crippen LogP contribution in [0.3, 0.4) is 0 Å². The lowest BCUT2D eigenvalue weighted by Gasteiger charge is -2.52. The first-order valence-electron chi connectivity index (χ1n) is 30.0. The number of halogens is 1. The third kappa shape index (κ3) is 18.9. The van der Waals surface area contributed by atoms with Gasteiger partial charge in [-0.05, 0) is 111 Å². The molecule has 0 radical (unpaired) electrons. The van der Waals surface area contributed by atoms with Gasteiger partial charge in [-0.1, -0.05) is 200 Å². The first-order valence-corrected chi connectivity index (χ1v) is 44.7. The van der Waals surface area contributed by atoms with E-state index >= 15 is 0 Å². The molecule has 0 N–H and O–H groups in total. The minimum atomic E-state index is -2.87. The number of ketones is 1. The number of methoxy groups -OCH3 is 2. The van der Waals surface area contributed by atoms with Crippen LogP contribution in [0.25, 0.3) is 0 Å². The quantitative estimate of drug-likeness (QED) is 0.0464. The molecule has 8 atom stereocenters. The van der Waals surface area contributed by atoms with Gasteiger partial charge in [-0.25, -0.2) is 0 Å². The zero-order valence-corrected chi connectivity index (χ0v) is 62.5. The van der Waals surface area contributed by atoms with E-state index in [1.165, 1.54) is 17.5 Å². The van der Waals surface area contributed by atoms with Crippen molar-refractivity contribution < 1.29 is 45.9 Å². The van der Waals surface area contributed by atoms with Crippen LogP contribution in [-0.4, -0.2) is 110 Å². The zero-order valence-electron chi connectivity index (χ0n) is 55.3. The van der Waals surface area contributed by atoms with Crippen LogP contribution in [0.1, 0.15) is 162 Å². The standard InChI is InChI=1S/C64H115IO10Si5/c1-27-48(47-70-80(63(14,15)16,52-37-30-28-31-38-52)53-39-32-29-33-40-53)54(74-78(23,24)61(8,9)10)43-49(66)35-34-36-51(73-77(21,22)60(5,6)7)45-64(69-18)46-56(75-79(25,26)62(11,12)13)57(58(67)68-17)55(71-64)44-50(41-42-65)72-76(19,20)59(2,3)4/h28-33,37-42,48,50-51,54-57H,27,34-36,43-47H2,1-26H3/b42-41+/t48-,50+,51+,54-,55+,56+,57+,64-/m1/s1. The second-order valence-electron chi connectivity index (χ2n) is 30.3. The summed E-state index contributed by atoms with van der Waals surface area (Å²) in [5.41, 5.74) is 0. The monoisotopic (exact) mass is 1310 g/mol. The van der Waals surface area contributed by atoms with E-state index in [0.717, 1.165) is 6.42 Å². The Balaban J connectivity index is 2.13. The second-order valence-corrected chi connectivity index (χ2v) is 54.4. The molecule has 1 aliphatic heterocycles. The summed E-state index contributed by atoms with van der Waals surface area (Å²) in [5.74, 6) is -2.13. The molecule has 0 saturated carbocycles. The van der Waals surface area contributed by atoms with Crippen molar-refractivity contribution in [1.82, 2.24) is 0 Å². The average Bonchev–Trinajstić information content (AvgIpc) is 3.31. The van der Waals surface area contributed by atoms with Crippen molar-refractivity contribution in [2.24, 2.45) is 11.8 Å². The highest BCUT2D eigenvalue weighted by molar-refractivity contribution is 14.1. The van der Waals surface area contributed by atoms with Gasteiger partial charge in [-0.15, -0.1) is 0 Å². The van der Waals surface area contributed by atoms with Gasteiger partial charge in [0.1, 0.15) is 11.7 Å². The fourth-order valence-electron chi connectivity index (χ4n) is 10.1. The smallest absolute Gasteiger partial charge is 0.313 e. The minimum absolute atomic E-state index is 0.0168. The molecule has 1 aliphatic rings. The molecule has 458 valence electrons. The topological polar surface area (TPSA) is 108 Å². The van der Waals surface area contributed by atoms with E-state index in [1.807, 2.05) is 4.08 Å². The molecule has 0 aromatic heterocycles. The molecule has 2 aromatic carbocycles. The Labute approximate surface area is 508 Å². The van der Waals surface area contributed by atoms with Gasteiger partial charge in [0.2, 0.25) is 0 Å². The minimum Gasteiger partial charge on any atom is -0.469 e. The van der Waals surface area contributed by atoms with Crippen molar-refractivity contribution in [3.63, 3.8) is 0 Å². The number of Topliss-reactive ketones (excluding diaryl/α,β-unsaturated/α-hetero) is 1. The van der Waals surface area contributed by atoms with E-state index < -0.39 is 65.5 Å². The Morgan fingerprint density at radius 2 is 1.16 bits per heavy atom. The fourth-order valence-corrected chi connectivity index (χ4v) is 20.6. The van der Waals surface area contributed by atoms with Gasteiger partial charge in [0.05, 0.1) is 37.6 Å². The number of hydrogen-bond acceptors (Lipinski definition) is 10. The molecule has 1 saturated heterocycles. The van der Waals surface area contributed by atoms with Crippen LogP contribution in [0.4, 0.5) is 0 Å². The average molecular weight is 1310 g/mol. The van der Waals surface area contributed by atoms with Crippen LogP contribution in [0.5, 0.6) is 0 Å². The summed E-state index contributed by atoms with van der Waals surface area (Å²) in [4.78, 5) is 29.2. The summed E-state index contributed by atoms with van der Waals surface area (Å²) in [6.07, 6.45) is 3.66. The van der Waals surface area contributed by atoms with E-state index in [9.17, 15) is 9.59 Å². The number of carbonyl (C=O) groups is 2. The number of rotatable bonds is 28. The number of benzene rings is 2. The Kier molecular flexibility index (Phi) is 26.1. The molecular weight excluding hydrogens is 1200 g/mol. The van der Waals surface area contributed by atoms with E-state index in [2.05, 4.69) is 252 Å². The van der Waals surface area contributed by atoms with Crippen LogP contribution in [0, 0.1) is 11.8 Å². The number of ether oxygens (including phenoxy) is 3. The fraction of sp³-hybridized carbons (Fsp3) is 0.750. The third-order valence-electron chi connectivity index (χ3n) is 19.2. The lowest BCUT2D eigenvalue weighted by Crippen LogP contribution is -2.67. The van der Waals surface area contributed by atoms with Gasteiger partial charge in [-0.2, -0.15) is 0 Å². The van der Waals surface area contributed by atoms with E-state index in [0.29, 0.717) is 51.6 Å². The number of hydrogen-bond donors (Lipinski definition) is 0. The van der Waals surface area contributed by atoms with Gasteiger partial charge in [0.25, 0.3) is 8.32 Å². The van der Waals surface area contributed by atoms with Gasteiger partial charge in [0.15, 0.2) is 39.1 Å². The summed E-state index contributed by atoms with van der Waals surface area (Å²) >= 11 is 2.26. The molecule has 0 bridgehead atoms. The Morgan fingerprint density at radius 1 is 0.688 bits per heavy atom. The molecule has 2 aromatic rings. The first-order chi connectivity index (χ1) is 36.4. The highest BCUT2D eigenvalue weighted by Crippen LogP contribution is 2.48. The van der Waals surface area contributed by atoms with Gasteiger partial charge >= 0.3 is 5.97 Å². The molecule has 0 aliphatic carbocycles. The number of carbonyl (C=O) groups excluding carboxylic acids is 2. The molecule has 0 unspecified atom stereocenters. The summed E-state index contributed by atoms with van der Waals surface area (Å²) in [7, 11) is -9.26. The molecule has 16 heteroatoms. The second kappa shape index (κ2) is 28.6. The van der Waals surface area contributed by atoms with Crippen molar-refractivity contribution in [3.05, 3.63) is 70.8 Å². The predicted octanol–water partition coefficient (Wildman–Crippen LogP) is 16.9. The van der Waals surface area contributed by atoms with Crippen LogP contribution in [0.15, 0.2) is 70.8 Å². The molecule has 0 amide bonds. The van der Waals surface area contributed by atoms with E-state index in [4.69, 9.17) is 36.3 Å². The van der Waals surface area contributed by atoms with Crippen molar-refractivity contribution in [1.29, 1.82) is 0 Å². The van der Waals surface area contributed by atoms with Gasteiger partial charge in [-0.3, -0.25) is 9.59 Å². The lowest BCUT2D eigenvalue weighted by molar-refractivity contribution is -0.308. The summed E-state index contributed by atoms with van der Waals surface area (Å²) < 4.78 is 58.6. The summed E-state index contributed by atoms with van der Waals surface area (Å²) in [6, 6.07) is 21.6. The molecule has 1 heterocycles. The van der Waals surface area contributed by atoms with Crippen molar-refractivity contribution in [2.45, 2.75) is 276 Å². The maximum Gasteiger partial charge on any atom is 0.313 e. The third-order valence-corrected chi connectivity index (χ3v) is 42.7. The molecular formula is C64H115IO10Si5. The largest absolute Gasteiger partial charge is 0.469 e. The lowest BCUT2D eigenvalue weighted by atomic mass is 9.82. The van der Waals surface area contributed by atoms with Crippen LogP contribution >= 0.6 is 22.6 Å². The first kappa shape index (κ1) is 73.1. The molecule has 0 spiro atoms. The molecule has 80 heavy (non-hydrogen) atoms.